The minimum Gasteiger partial charge on any atom is -0.475 e. The van der Waals surface area contributed by atoms with Gasteiger partial charge in [0.2, 0.25) is 5.76 Å². The molecule has 0 saturated heterocycles. The molecule has 6 heteroatoms. The average Bonchev–Trinajstić information content (AvgIpc) is 2.20. The van der Waals surface area contributed by atoms with Crippen molar-refractivity contribution >= 4 is 28.3 Å². The highest BCUT2D eigenvalue weighted by Gasteiger charge is 2.12. The van der Waals surface area contributed by atoms with Crippen molar-refractivity contribution in [3.8, 4) is 0 Å². The normalized spacial score (nSPS) is 10.6. The number of fused-ring (bicyclic) bond motifs is 1. The maximum Gasteiger partial charge on any atom is 0.371 e. The lowest BCUT2D eigenvalue weighted by atomic mass is 10.1. The zero-order valence-electron chi connectivity index (χ0n) is 7.66. The summed E-state index contributed by atoms with van der Waals surface area (Å²) >= 11 is 5.49. The number of hydrogen-bond donors (Lipinski definition) is 1. The number of hydrogen-bond acceptors (Lipinski definition) is 3. The van der Waals surface area contributed by atoms with Crippen molar-refractivity contribution < 1.29 is 18.7 Å². The number of carboxylic acids is 1. The van der Waals surface area contributed by atoms with Gasteiger partial charge in [0.1, 0.15) is 5.82 Å². The van der Waals surface area contributed by atoms with Crippen LogP contribution in [0.5, 0.6) is 0 Å². The average molecular weight is 243 g/mol. The number of rotatable bonds is 1. The Morgan fingerprint density at radius 3 is 2.69 bits per heavy atom. The third-order valence-corrected chi connectivity index (χ3v) is 2.30. The first-order valence-corrected chi connectivity index (χ1v) is 4.53. The van der Waals surface area contributed by atoms with Crippen molar-refractivity contribution in [1.29, 1.82) is 0 Å². The molecule has 2 rings (SSSR count). The summed E-state index contributed by atoms with van der Waals surface area (Å²) in [6.45, 7) is 0. The maximum absolute atomic E-state index is 13.1. The summed E-state index contributed by atoms with van der Waals surface area (Å²) in [5, 5.41) is 8.59. The van der Waals surface area contributed by atoms with Crippen LogP contribution in [0.25, 0.3) is 10.8 Å². The van der Waals surface area contributed by atoms with E-state index in [2.05, 4.69) is 4.42 Å². The minimum absolute atomic E-state index is 0.0383. The molecule has 0 aliphatic rings. The summed E-state index contributed by atoms with van der Waals surface area (Å²) in [6, 6.07) is 3.16. The highest BCUT2D eigenvalue weighted by Crippen LogP contribution is 2.21. The summed E-state index contributed by atoms with van der Waals surface area (Å²) in [7, 11) is 0. The van der Waals surface area contributed by atoms with E-state index in [1.54, 1.807) is 0 Å². The van der Waals surface area contributed by atoms with Gasteiger partial charge in [-0.1, -0.05) is 11.6 Å². The Morgan fingerprint density at radius 2 is 2.06 bits per heavy atom. The van der Waals surface area contributed by atoms with Gasteiger partial charge in [-0.15, -0.1) is 0 Å². The first kappa shape index (κ1) is 10.6. The largest absolute Gasteiger partial charge is 0.475 e. The van der Waals surface area contributed by atoms with Gasteiger partial charge < -0.3 is 9.52 Å². The lowest BCUT2D eigenvalue weighted by Gasteiger charge is -2.00. The van der Waals surface area contributed by atoms with Crippen molar-refractivity contribution in [2.75, 3.05) is 0 Å². The van der Waals surface area contributed by atoms with Crippen LogP contribution in [0, 0.1) is 5.82 Å². The van der Waals surface area contributed by atoms with Crippen molar-refractivity contribution in [2.45, 2.75) is 0 Å². The van der Waals surface area contributed by atoms with E-state index in [-0.39, 0.29) is 15.8 Å². The van der Waals surface area contributed by atoms with E-state index in [1.165, 1.54) is 0 Å². The second-order valence-electron chi connectivity index (χ2n) is 3.06. The van der Waals surface area contributed by atoms with Crippen LogP contribution in [-0.2, 0) is 0 Å². The van der Waals surface area contributed by atoms with Gasteiger partial charge in [-0.3, -0.25) is 0 Å². The summed E-state index contributed by atoms with van der Waals surface area (Å²) in [5.41, 5.74) is -0.864. The fraction of sp³-hybridized carbons (Fsp3) is 0. The van der Waals surface area contributed by atoms with Crippen LogP contribution in [-0.4, -0.2) is 11.1 Å². The van der Waals surface area contributed by atoms with Crippen molar-refractivity contribution in [3.63, 3.8) is 0 Å². The molecule has 0 aliphatic heterocycles. The van der Waals surface area contributed by atoms with Crippen LogP contribution in [0.1, 0.15) is 10.6 Å². The molecule has 0 saturated carbocycles. The lowest BCUT2D eigenvalue weighted by Crippen LogP contribution is -2.06. The van der Waals surface area contributed by atoms with E-state index in [4.69, 9.17) is 16.7 Å². The molecular weight excluding hydrogens is 239 g/mol. The molecule has 0 spiro atoms. The lowest BCUT2D eigenvalue weighted by molar-refractivity contribution is 0.0658. The standard InChI is InChI=1S/C10H4ClFO4/c11-6-3-5-4(1-7(6)12)2-8(9(13)14)16-10(5)15/h1-3H,(H,13,14). The fourth-order valence-corrected chi connectivity index (χ4v) is 1.45. The number of benzene rings is 1. The summed E-state index contributed by atoms with van der Waals surface area (Å²) in [5.74, 6) is -2.66. The van der Waals surface area contributed by atoms with Crippen molar-refractivity contribution in [3.05, 3.63) is 45.2 Å². The van der Waals surface area contributed by atoms with E-state index in [1.807, 2.05) is 0 Å². The topological polar surface area (TPSA) is 67.5 Å². The molecule has 0 unspecified atom stereocenters. The molecule has 1 N–H and O–H groups in total. The second kappa shape index (κ2) is 3.61. The van der Waals surface area contributed by atoms with Crippen LogP contribution in [0.4, 0.5) is 4.39 Å². The molecule has 0 fully saturated rings. The highest BCUT2D eigenvalue weighted by molar-refractivity contribution is 6.31. The quantitative estimate of drug-likeness (QED) is 0.833. The number of carboxylic acid groups (broad SMARTS) is 1. The van der Waals surface area contributed by atoms with Gasteiger partial charge in [0.25, 0.3) is 0 Å². The van der Waals surface area contributed by atoms with Gasteiger partial charge in [0.15, 0.2) is 0 Å². The van der Waals surface area contributed by atoms with Gasteiger partial charge in [0.05, 0.1) is 10.4 Å². The number of halogens is 2. The van der Waals surface area contributed by atoms with E-state index in [9.17, 15) is 14.0 Å². The Kier molecular flexibility index (Phi) is 2.40. The second-order valence-corrected chi connectivity index (χ2v) is 3.46. The molecular formula is C10H4ClFO4. The predicted molar refractivity (Wildman–Crippen MR) is 54.4 cm³/mol. The molecule has 4 nitrogen and oxygen atoms in total. The third-order valence-electron chi connectivity index (χ3n) is 2.01. The first-order valence-electron chi connectivity index (χ1n) is 4.15. The molecule has 1 aromatic carbocycles. The molecule has 0 aliphatic carbocycles. The Labute approximate surface area is 92.9 Å². The minimum atomic E-state index is -1.39. The van der Waals surface area contributed by atoms with Crippen LogP contribution in [0.3, 0.4) is 0 Å². The maximum atomic E-state index is 13.1. The van der Waals surface area contributed by atoms with Gasteiger partial charge in [-0.2, -0.15) is 0 Å². The Morgan fingerprint density at radius 1 is 1.38 bits per heavy atom. The van der Waals surface area contributed by atoms with Crippen LogP contribution in [0.2, 0.25) is 5.02 Å². The zero-order chi connectivity index (χ0) is 11.9. The third kappa shape index (κ3) is 1.65. The van der Waals surface area contributed by atoms with Crippen LogP contribution < -0.4 is 5.63 Å². The van der Waals surface area contributed by atoms with E-state index < -0.39 is 23.2 Å². The van der Waals surface area contributed by atoms with Gasteiger partial charge in [-0.25, -0.2) is 14.0 Å². The summed E-state index contributed by atoms with van der Waals surface area (Å²) in [6.07, 6.45) is 0. The molecule has 0 amide bonds. The number of carbonyl (C=O) groups is 1. The molecule has 2 aromatic rings. The van der Waals surface area contributed by atoms with E-state index in [0.717, 1.165) is 18.2 Å². The smallest absolute Gasteiger partial charge is 0.371 e. The van der Waals surface area contributed by atoms with E-state index >= 15 is 0 Å². The summed E-state index contributed by atoms with van der Waals surface area (Å²) < 4.78 is 17.6. The Hall–Kier alpha value is -1.88. The van der Waals surface area contributed by atoms with Gasteiger partial charge in [0, 0.05) is 0 Å². The molecule has 1 aromatic heterocycles. The first-order chi connectivity index (χ1) is 7.49. The van der Waals surface area contributed by atoms with Gasteiger partial charge in [-0.05, 0) is 23.6 Å². The molecule has 0 bridgehead atoms. The molecule has 1 heterocycles. The molecule has 0 atom stereocenters. The van der Waals surface area contributed by atoms with Crippen molar-refractivity contribution in [2.24, 2.45) is 0 Å². The molecule has 82 valence electrons. The Bertz CT molecular complexity index is 647. The van der Waals surface area contributed by atoms with Crippen molar-refractivity contribution in [1.82, 2.24) is 0 Å². The SMILES string of the molecule is O=C(O)c1cc2cc(F)c(Cl)cc2c(=O)o1. The number of aromatic carboxylic acids is 1. The monoisotopic (exact) mass is 242 g/mol. The van der Waals surface area contributed by atoms with Crippen LogP contribution >= 0.6 is 11.6 Å². The molecule has 0 radical (unpaired) electrons. The zero-order valence-corrected chi connectivity index (χ0v) is 8.42. The predicted octanol–water partition coefficient (Wildman–Crippen LogP) is 2.28. The molecule has 16 heavy (non-hydrogen) atoms. The Balaban J connectivity index is 2.88. The van der Waals surface area contributed by atoms with Crippen LogP contribution in [0.15, 0.2) is 27.4 Å². The van der Waals surface area contributed by atoms with E-state index in [0.29, 0.717) is 0 Å². The highest BCUT2D eigenvalue weighted by atomic mass is 35.5. The fourth-order valence-electron chi connectivity index (χ4n) is 1.29. The van der Waals surface area contributed by atoms with Gasteiger partial charge >= 0.3 is 11.6 Å². The summed E-state index contributed by atoms with van der Waals surface area (Å²) in [4.78, 5) is 22.0.